The number of aromatic nitrogens is 1. The smallest absolute Gasteiger partial charge is 0.0957 e. The molecule has 0 bridgehead atoms. The Hall–Kier alpha value is -1.09. The largest absolute Gasteiger partial charge is 0.387 e. The molecule has 1 aromatic heterocycles. The Morgan fingerprint density at radius 3 is 2.71 bits per heavy atom. The second-order valence-electron chi connectivity index (χ2n) is 5.43. The van der Waals surface area contributed by atoms with Gasteiger partial charge in [0.25, 0.3) is 0 Å². The predicted molar refractivity (Wildman–Crippen MR) is 70.1 cm³/mol. The quantitative estimate of drug-likeness (QED) is 0.873. The summed E-state index contributed by atoms with van der Waals surface area (Å²) in [4.78, 5) is 6.77. The SMILES string of the molecule is CC[C@@H](O)c1ccc(N2CCCC2(C)C)cn1. The van der Waals surface area contributed by atoms with Crippen LogP contribution in [0.15, 0.2) is 18.3 Å². The van der Waals surface area contributed by atoms with Crippen LogP contribution in [0.5, 0.6) is 0 Å². The van der Waals surface area contributed by atoms with Gasteiger partial charge < -0.3 is 10.0 Å². The molecule has 1 aliphatic rings. The summed E-state index contributed by atoms with van der Waals surface area (Å²) in [5, 5.41) is 9.71. The van der Waals surface area contributed by atoms with Crippen molar-refractivity contribution in [1.82, 2.24) is 4.98 Å². The van der Waals surface area contributed by atoms with Crippen molar-refractivity contribution >= 4 is 5.69 Å². The van der Waals surface area contributed by atoms with E-state index in [9.17, 15) is 5.11 Å². The normalized spacial score (nSPS) is 20.6. The van der Waals surface area contributed by atoms with Crippen LogP contribution in [-0.4, -0.2) is 22.2 Å². The number of anilines is 1. The molecule has 1 aromatic rings. The van der Waals surface area contributed by atoms with Crippen molar-refractivity contribution in [2.24, 2.45) is 0 Å². The van der Waals surface area contributed by atoms with Crippen LogP contribution in [0.3, 0.4) is 0 Å². The van der Waals surface area contributed by atoms with Crippen LogP contribution in [0.2, 0.25) is 0 Å². The van der Waals surface area contributed by atoms with Crippen molar-refractivity contribution in [1.29, 1.82) is 0 Å². The van der Waals surface area contributed by atoms with Crippen LogP contribution in [0.25, 0.3) is 0 Å². The zero-order valence-corrected chi connectivity index (χ0v) is 11.0. The first kappa shape index (κ1) is 12.4. The average molecular weight is 234 g/mol. The summed E-state index contributed by atoms with van der Waals surface area (Å²) in [6.45, 7) is 7.61. The lowest BCUT2D eigenvalue weighted by Crippen LogP contribution is -2.38. The molecule has 1 N–H and O–H groups in total. The molecule has 0 unspecified atom stereocenters. The van der Waals surface area contributed by atoms with Crippen molar-refractivity contribution < 1.29 is 5.11 Å². The number of rotatable bonds is 3. The van der Waals surface area contributed by atoms with E-state index in [1.807, 2.05) is 19.2 Å². The topological polar surface area (TPSA) is 36.4 Å². The zero-order valence-electron chi connectivity index (χ0n) is 11.0. The van der Waals surface area contributed by atoms with E-state index >= 15 is 0 Å². The Morgan fingerprint density at radius 2 is 2.24 bits per heavy atom. The third-order valence-electron chi connectivity index (χ3n) is 3.71. The van der Waals surface area contributed by atoms with Gasteiger partial charge in [0, 0.05) is 12.1 Å². The molecule has 0 spiro atoms. The van der Waals surface area contributed by atoms with Crippen molar-refractivity contribution in [2.75, 3.05) is 11.4 Å². The highest BCUT2D eigenvalue weighted by atomic mass is 16.3. The van der Waals surface area contributed by atoms with Gasteiger partial charge in [0.1, 0.15) is 0 Å². The lowest BCUT2D eigenvalue weighted by Gasteiger charge is -2.33. The first-order valence-electron chi connectivity index (χ1n) is 6.46. The van der Waals surface area contributed by atoms with E-state index in [0.717, 1.165) is 12.2 Å². The van der Waals surface area contributed by atoms with Gasteiger partial charge in [0.05, 0.1) is 23.7 Å². The molecule has 0 radical (unpaired) electrons. The maximum atomic E-state index is 9.71. The van der Waals surface area contributed by atoms with Gasteiger partial charge >= 0.3 is 0 Å². The van der Waals surface area contributed by atoms with Gasteiger partial charge in [-0.3, -0.25) is 4.98 Å². The summed E-state index contributed by atoms with van der Waals surface area (Å²) in [7, 11) is 0. The van der Waals surface area contributed by atoms with E-state index in [1.54, 1.807) is 0 Å². The predicted octanol–water partition coefficient (Wildman–Crippen LogP) is 2.90. The number of hydrogen-bond donors (Lipinski definition) is 1. The highest BCUT2D eigenvalue weighted by Crippen LogP contribution is 2.33. The van der Waals surface area contributed by atoms with E-state index in [2.05, 4.69) is 29.8 Å². The number of aliphatic hydroxyl groups is 1. The molecule has 1 fully saturated rings. The third kappa shape index (κ3) is 2.44. The fourth-order valence-electron chi connectivity index (χ4n) is 2.55. The Morgan fingerprint density at radius 1 is 1.47 bits per heavy atom. The van der Waals surface area contributed by atoms with Gasteiger partial charge in [0.15, 0.2) is 0 Å². The summed E-state index contributed by atoms with van der Waals surface area (Å²) in [5.74, 6) is 0. The highest BCUT2D eigenvalue weighted by molar-refractivity contribution is 5.48. The van der Waals surface area contributed by atoms with Crippen LogP contribution in [0.4, 0.5) is 5.69 Å². The van der Waals surface area contributed by atoms with Gasteiger partial charge in [-0.05, 0) is 45.2 Å². The fraction of sp³-hybridized carbons (Fsp3) is 0.643. The lowest BCUT2D eigenvalue weighted by atomic mass is 10.0. The standard InChI is InChI=1S/C14H22N2O/c1-4-13(17)12-7-6-11(10-15-12)16-9-5-8-14(16,2)3/h6-7,10,13,17H,4-5,8-9H2,1-3H3/t13-/m1/s1. The van der Waals surface area contributed by atoms with Crippen molar-refractivity contribution in [2.45, 2.75) is 51.7 Å². The molecule has 1 atom stereocenters. The van der Waals surface area contributed by atoms with Gasteiger partial charge in [-0.1, -0.05) is 6.92 Å². The van der Waals surface area contributed by atoms with Crippen LogP contribution in [-0.2, 0) is 0 Å². The molecule has 0 aliphatic carbocycles. The zero-order chi connectivity index (χ0) is 12.5. The Balaban J connectivity index is 2.18. The second kappa shape index (κ2) is 4.65. The van der Waals surface area contributed by atoms with E-state index in [1.165, 1.54) is 18.5 Å². The van der Waals surface area contributed by atoms with Crippen LogP contribution in [0.1, 0.15) is 51.8 Å². The highest BCUT2D eigenvalue weighted by Gasteiger charge is 2.32. The Kier molecular flexibility index (Phi) is 3.38. The molecule has 2 rings (SSSR count). The minimum atomic E-state index is -0.435. The lowest BCUT2D eigenvalue weighted by molar-refractivity contribution is 0.169. The van der Waals surface area contributed by atoms with E-state index in [0.29, 0.717) is 6.42 Å². The molecule has 0 saturated carbocycles. The molecule has 1 saturated heterocycles. The Bertz CT molecular complexity index is 372. The second-order valence-corrected chi connectivity index (χ2v) is 5.43. The number of nitrogens with zero attached hydrogens (tertiary/aromatic N) is 2. The third-order valence-corrected chi connectivity index (χ3v) is 3.71. The molecule has 3 nitrogen and oxygen atoms in total. The summed E-state index contributed by atoms with van der Waals surface area (Å²) < 4.78 is 0. The van der Waals surface area contributed by atoms with E-state index in [4.69, 9.17) is 0 Å². The Labute approximate surface area is 103 Å². The molecule has 94 valence electrons. The van der Waals surface area contributed by atoms with Crippen LogP contribution >= 0.6 is 0 Å². The first-order valence-corrected chi connectivity index (χ1v) is 6.46. The summed E-state index contributed by atoms with van der Waals surface area (Å²) in [6.07, 6.45) is 4.64. The molecule has 3 heteroatoms. The van der Waals surface area contributed by atoms with Crippen LogP contribution < -0.4 is 4.90 Å². The average Bonchev–Trinajstić information content (AvgIpc) is 2.68. The van der Waals surface area contributed by atoms with Crippen molar-refractivity contribution in [3.05, 3.63) is 24.0 Å². The van der Waals surface area contributed by atoms with Gasteiger partial charge in [0.2, 0.25) is 0 Å². The molecule has 0 aromatic carbocycles. The van der Waals surface area contributed by atoms with Gasteiger partial charge in [-0.25, -0.2) is 0 Å². The first-order chi connectivity index (χ1) is 8.04. The van der Waals surface area contributed by atoms with Crippen molar-refractivity contribution in [3.63, 3.8) is 0 Å². The minimum Gasteiger partial charge on any atom is -0.387 e. The van der Waals surface area contributed by atoms with Gasteiger partial charge in [-0.15, -0.1) is 0 Å². The van der Waals surface area contributed by atoms with E-state index in [-0.39, 0.29) is 5.54 Å². The maximum absolute atomic E-state index is 9.71. The molecular formula is C14H22N2O. The molecular weight excluding hydrogens is 212 g/mol. The number of pyridine rings is 1. The maximum Gasteiger partial charge on any atom is 0.0957 e. The monoisotopic (exact) mass is 234 g/mol. The number of aliphatic hydroxyl groups excluding tert-OH is 1. The summed E-state index contributed by atoms with van der Waals surface area (Å²) >= 11 is 0. The molecule has 17 heavy (non-hydrogen) atoms. The van der Waals surface area contributed by atoms with Crippen LogP contribution in [0, 0.1) is 0 Å². The van der Waals surface area contributed by atoms with E-state index < -0.39 is 6.10 Å². The fourth-order valence-corrected chi connectivity index (χ4v) is 2.55. The summed E-state index contributed by atoms with van der Waals surface area (Å²) in [6, 6.07) is 4.02. The molecule has 2 heterocycles. The van der Waals surface area contributed by atoms with Gasteiger partial charge in [-0.2, -0.15) is 0 Å². The summed E-state index contributed by atoms with van der Waals surface area (Å²) in [5.41, 5.74) is 2.17. The van der Waals surface area contributed by atoms with Crippen molar-refractivity contribution in [3.8, 4) is 0 Å². The molecule has 1 aliphatic heterocycles. The number of hydrogen-bond acceptors (Lipinski definition) is 3. The molecule has 0 amide bonds. The minimum absolute atomic E-state index is 0.229.